The number of para-hydroxylation sites is 2. The van der Waals surface area contributed by atoms with Crippen LogP contribution in [0.4, 0.5) is 11.4 Å². The number of hydrogen-bond acceptors (Lipinski definition) is 3. The molecule has 1 aliphatic carbocycles. The highest BCUT2D eigenvalue weighted by Crippen LogP contribution is 2.40. The van der Waals surface area contributed by atoms with Gasteiger partial charge >= 0.3 is 0 Å². The lowest BCUT2D eigenvalue weighted by Gasteiger charge is -2.40. The molecule has 1 amide bonds. The largest absolute Gasteiger partial charge is 0.365 e. The Kier molecular flexibility index (Phi) is 6.24. The Morgan fingerprint density at radius 3 is 2.48 bits per heavy atom. The third-order valence-electron chi connectivity index (χ3n) is 6.27. The maximum atomic E-state index is 13.6. The molecular formula is C23H29Cl2N3O. The van der Waals surface area contributed by atoms with Gasteiger partial charge in [0, 0.05) is 35.7 Å². The highest BCUT2D eigenvalue weighted by atomic mass is 35.5. The first-order valence-corrected chi connectivity index (χ1v) is 11.4. The molecule has 156 valence electrons. The van der Waals surface area contributed by atoms with Crippen molar-refractivity contribution in [1.29, 1.82) is 0 Å². The van der Waals surface area contributed by atoms with Gasteiger partial charge in [-0.05, 0) is 63.8 Å². The third-order valence-corrected chi connectivity index (χ3v) is 6.94. The lowest BCUT2D eigenvalue weighted by atomic mass is 10.1. The molecule has 1 aromatic rings. The van der Waals surface area contributed by atoms with E-state index in [-0.39, 0.29) is 11.9 Å². The van der Waals surface area contributed by atoms with Crippen LogP contribution < -0.4 is 9.80 Å². The normalized spacial score (nSPS) is 23.9. The molecule has 2 aliphatic heterocycles. The number of anilines is 2. The Morgan fingerprint density at radius 1 is 1.10 bits per heavy atom. The molecule has 3 aliphatic rings. The second kappa shape index (κ2) is 8.71. The Hall–Kier alpha value is -1.49. The Morgan fingerprint density at radius 2 is 1.83 bits per heavy atom. The fourth-order valence-electron chi connectivity index (χ4n) is 4.58. The zero-order valence-corrected chi connectivity index (χ0v) is 18.7. The molecule has 2 fully saturated rings. The summed E-state index contributed by atoms with van der Waals surface area (Å²) in [5, 5.41) is 1.36. The fourth-order valence-corrected chi connectivity index (χ4v) is 4.99. The summed E-state index contributed by atoms with van der Waals surface area (Å²) in [6.07, 6.45) is 6.28. The summed E-state index contributed by atoms with van der Waals surface area (Å²) < 4.78 is 0. The van der Waals surface area contributed by atoms with Crippen molar-refractivity contribution in [1.82, 2.24) is 4.90 Å². The average molecular weight is 434 g/mol. The van der Waals surface area contributed by atoms with Gasteiger partial charge in [0.1, 0.15) is 0 Å². The summed E-state index contributed by atoms with van der Waals surface area (Å²) in [5.41, 5.74) is 3.17. The van der Waals surface area contributed by atoms with Crippen LogP contribution in [0.3, 0.4) is 0 Å². The van der Waals surface area contributed by atoms with Crippen molar-refractivity contribution in [2.45, 2.75) is 51.6 Å². The van der Waals surface area contributed by atoms with Gasteiger partial charge in [-0.3, -0.25) is 9.69 Å². The fraction of sp³-hybridized carbons (Fsp3) is 0.522. The van der Waals surface area contributed by atoms with Gasteiger partial charge in [-0.2, -0.15) is 0 Å². The Bertz CT molecular complexity index is 842. The SMILES string of the molecule is CC=C(Cl)C(CN1CCCC1C(=O)N1CCN(C2CC2)c2ccccc21)=C(C)Cl. The number of allylic oxidation sites excluding steroid dienone is 2. The number of likely N-dealkylation sites (tertiary alicyclic amines) is 1. The van der Waals surface area contributed by atoms with Gasteiger partial charge in [0.05, 0.1) is 17.4 Å². The average Bonchev–Trinajstić information content (AvgIpc) is 3.47. The van der Waals surface area contributed by atoms with E-state index in [2.05, 4.69) is 28.0 Å². The van der Waals surface area contributed by atoms with Crippen LogP contribution in [0.1, 0.15) is 39.5 Å². The number of halogens is 2. The van der Waals surface area contributed by atoms with E-state index < -0.39 is 0 Å². The molecule has 4 rings (SSSR count). The molecule has 1 atom stereocenters. The Balaban J connectivity index is 1.56. The first kappa shape index (κ1) is 20.8. The molecule has 0 aromatic heterocycles. The van der Waals surface area contributed by atoms with E-state index in [9.17, 15) is 4.79 Å². The third kappa shape index (κ3) is 4.21. The Labute approximate surface area is 183 Å². The van der Waals surface area contributed by atoms with Crippen molar-refractivity contribution in [3.63, 3.8) is 0 Å². The molecule has 6 heteroatoms. The number of carbonyl (C=O) groups excluding carboxylic acids is 1. The van der Waals surface area contributed by atoms with Gasteiger partial charge in [0.25, 0.3) is 0 Å². The molecule has 0 bridgehead atoms. The topological polar surface area (TPSA) is 26.8 Å². The number of nitrogens with zero attached hydrogens (tertiary/aromatic N) is 3. The van der Waals surface area contributed by atoms with E-state index in [4.69, 9.17) is 23.2 Å². The molecule has 1 unspecified atom stereocenters. The maximum absolute atomic E-state index is 13.6. The molecular weight excluding hydrogens is 405 g/mol. The molecule has 0 radical (unpaired) electrons. The van der Waals surface area contributed by atoms with Crippen molar-refractivity contribution in [3.05, 3.63) is 46.0 Å². The molecule has 0 N–H and O–H groups in total. The number of rotatable bonds is 5. The predicted octanol–water partition coefficient (Wildman–Crippen LogP) is 5.12. The number of amides is 1. The summed E-state index contributed by atoms with van der Waals surface area (Å²) in [7, 11) is 0. The van der Waals surface area contributed by atoms with Crippen molar-refractivity contribution >= 4 is 40.5 Å². The number of carbonyl (C=O) groups is 1. The lowest BCUT2D eigenvalue weighted by Crippen LogP contribution is -2.51. The van der Waals surface area contributed by atoms with Crippen LogP contribution in [-0.2, 0) is 4.79 Å². The van der Waals surface area contributed by atoms with Crippen molar-refractivity contribution in [3.8, 4) is 0 Å². The van der Waals surface area contributed by atoms with Gasteiger partial charge < -0.3 is 9.80 Å². The molecule has 1 saturated heterocycles. The quantitative estimate of drug-likeness (QED) is 0.602. The maximum Gasteiger partial charge on any atom is 0.244 e. The zero-order chi connectivity index (χ0) is 20.5. The first-order valence-electron chi connectivity index (χ1n) is 10.6. The monoisotopic (exact) mass is 433 g/mol. The molecule has 1 aromatic carbocycles. The molecule has 0 spiro atoms. The van der Waals surface area contributed by atoms with Crippen molar-refractivity contribution < 1.29 is 4.79 Å². The van der Waals surface area contributed by atoms with Crippen LogP contribution in [0.5, 0.6) is 0 Å². The minimum absolute atomic E-state index is 0.122. The van der Waals surface area contributed by atoms with Crippen LogP contribution in [0.25, 0.3) is 0 Å². The molecule has 2 heterocycles. The van der Waals surface area contributed by atoms with Crippen LogP contribution in [-0.4, -0.2) is 49.1 Å². The summed E-state index contributed by atoms with van der Waals surface area (Å²) in [4.78, 5) is 20.4. The van der Waals surface area contributed by atoms with Crippen LogP contribution in [0.15, 0.2) is 46.0 Å². The van der Waals surface area contributed by atoms with Gasteiger partial charge in [0.15, 0.2) is 0 Å². The number of fused-ring (bicyclic) bond motifs is 1. The molecule has 1 saturated carbocycles. The van der Waals surface area contributed by atoms with Crippen molar-refractivity contribution in [2.75, 3.05) is 36.0 Å². The minimum Gasteiger partial charge on any atom is -0.365 e. The van der Waals surface area contributed by atoms with Crippen LogP contribution in [0, 0.1) is 0 Å². The highest BCUT2D eigenvalue weighted by Gasteiger charge is 2.39. The van der Waals surface area contributed by atoms with E-state index in [1.165, 1.54) is 18.5 Å². The molecule has 29 heavy (non-hydrogen) atoms. The van der Waals surface area contributed by atoms with Crippen LogP contribution >= 0.6 is 23.2 Å². The van der Waals surface area contributed by atoms with Crippen molar-refractivity contribution in [2.24, 2.45) is 0 Å². The van der Waals surface area contributed by atoms with E-state index >= 15 is 0 Å². The summed E-state index contributed by atoms with van der Waals surface area (Å²) >= 11 is 12.7. The second-order valence-electron chi connectivity index (χ2n) is 8.18. The second-order valence-corrected chi connectivity index (χ2v) is 9.15. The van der Waals surface area contributed by atoms with Gasteiger partial charge in [-0.25, -0.2) is 0 Å². The van der Waals surface area contributed by atoms with Gasteiger partial charge in [-0.1, -0.05) is 41.4 Å². The van der Waals surface area contributed by atoms with Crippen LogP contribution in [0.2, 0.25) is 0 Å². The summed E-state index contributed by atoms with van der Waals surface area (Å²) in [5.74, 6) is 0.202. The summed E-state index contributed by atoms with van der Waals surface area (Å²) in [6, 6.07) is 8.88. The van der Waals surface area contributed by atoms with E-state index in [0.29, 0.717) is 22.7 Å². The summed E-state index contributed by atoms with van der Waals surface area (Å²) in [6.45, 7) is 6.94. The highest BCUT2D eigenvalue weighted by molar-refractivity contribution is 6.35. The standard InChI is InChI=1S/C23H29Cl2N3O/c1-3-19(25)18(16(2)24)15-26-12-6-9-22(26)23(29)28-14-13-27(17-10-11-17)20-7-4-5-8-21(20)28/h3-5,7-8,17,22H,6,9-15H2,1-2H3. The minimum atomic E-state index is -0.122. The zero-order valence-electron chi connectivity index (χ0n) is 17.2. The van der Waals surface area contributed by atoms with E-state index in [1.54, 1.807) is 0 Å². The lowest BCUT2D eigenvalue weighted by molar-refractivity contribution is -0.122. The van der Waals surface area contributed by atoms with E-state index in [0.717, 1.165) is 43.7 Å². The smallest absolute Gasteiger partial charge is 0.244 e. The van der Waals surface area contributed by atoms with Gasteiger partial charge in [-0.15, -0.1) is 0 Å². The molecule has 4 nitrogen and oxygen atoms in total. The van der Waals surface area contributed by atoms with Gasteiger partial charge in [0.2, 0.25) is 5.91 Å². The predicted molar refractivity (Wildman–Crippen MR) is 122 cm³/mol. The number of benzene rings is 1. The van der Waals surface area contributed by atoms with E-state index in [1.807, 2.05) is 30.9 Å². The first-order chi connectivity index (χ1) is 14.0. The number of hydrogen-bond donors (Lipinski definition) is 0.